The summed E-state index contributed by atoms with van der Waals surface area (Å²) in [5.41, 5.74) is 4.81. The number of aliphatic hydroxyl groups excluding tert-OH is 1. The van der Waals surface area contributed by atoms with Crippen molar-refractivity contribution < 1.29 is 14.6 Å². The van der Waals surface area contributed by atoms with Gasteiger partial charge in [0.05, 0.1) is 12.3 Å². The van der Waals surface area contributed by atoms with E-state index in [2.05, 4.69) is 19.2 Å². The lowest BCUT2D eigenvalue weighted by atomic mass is 9.85. The quantitative estimate of drug-likeness (QED) is 0.515. The van der Waals surface area contributed by atoms with Crippen LogP contribution in [0.15, 0.2) is 72.8 Å². The summed E-state index contributed by atoms with van der Waals surface area (Å²) in [6, 6.07) is 21.8. The molecule has 1 aliphatic rings. The molecule has 1 heterocycles. The minimum atomic E-state index is -0.0798. The van der Waals surface area contributed by atoms with E-state index < -0.39 is 0 Å². The molecule has 4 rings (SSSR count). The second-order valence-corrected chi connectivity index (χ2v) is 8.03. The Morgan fingerprint density at radius 2 is 1.65 bits per heavy atom. The van der Waals surface area contributed by atoms with Gasteiger partial charge in [0, 0.05) is 23.5 Å². The Morgan fingerprint density at radius 1 is 1.00 bits per heavy atom. The van der Waals surface area contributed by atoms with Gasteiger partial charge in [0.25, 0.3) is 0 Å². The van der Waals surface area contributed by atoms with Crippen molar-refractivity contribution in [3.63, 3.8) is 0 Å². The predicted molar refractivity (Wildman–Crippen MR) is 125 cm³/mol. The van der Waals surface area contributed by atoms with Crippen molar-refractivity contribution in [2.45, 2.75) is 32.1 Å². The van der Waals surface area contributed by atoms with E-state index in [1.807, 2.05) is 72.8 Å². The maximum absolute atomic E-state index is 13.3. The fourth-order valence-electron chi connectivity index (χ4n) is 4.14. The second-order valence-electron chi connectivity index (χ2n) is 8.03. The van der Waals surface area contributed by atoms with Gasteiger partial charge in [0.15, 0.2) is 0 Å². The maximum atomic E-state index is 13.3. The molecule has 2 N–H and O–H groups in total. The fraction of sp³-hybridized carbons (Fsp3) is 0.222. The Labute approximate surface area is 183 Å². The van der Waals surface area contributed by atoms with Crippen LogP contribution in [0, 0.1) is 0 Å². The average Bonchev–Trinajstić information content (AvgIpc) is 2.78. The first-order valence-electron chi connectivity index (χ1n) is 10.6. The minimum Gasteiger partial charge on any atom is -0.457 e. The number of para-hydroxylation sites is 3. The van der Waals surface area contributed by atoms with Gasteiger partial charge in [-0.1, -0.05) is 80.6 Å². The number of rotatable bonds is 6. The highest BCUT2D eigenvalue weighted by molar-refractivity contribution is 5.95. The summed E-state index contributed by atoms with van der Waals surface area (Å²) in [7, 11) is 0. The molecule has 0 radical (unpaired) electrons. The Morgan fingerprint density at radius 3 is 2.26 bits per heavy atom. The van der Waals surface area contributed by atoms with Gasteiger partial charge >= 0.3 is 0 Å². The monoisotopic (exact) mass is 413 g/mol. The smallest absolute Gasteiger partial charge is 0.225 e. The van der Waals surface area contributed by atoms with Crippen LogP contribution >= 0.6 is 0 Å². The van der Waals surface area contributed by atoms with Crippen molar-refractivity contribution in [3.8, 4) is 11.5 Å². The number of carbonyl (C=O) groups excluding carboxylic acids is 1. The molecule has 0 aliphatic carbocycles. The van der Waals surface area contributed by atoms with Gasteiger partial charge in [-0.15, -0.1) is 0 Å². The minimum absolute atomic E-state index is 0.0467. The molecule has 0 fully saturated rings. The van der Waals surface area contributed by atoms with Crippen molar-refractivity contribution in [3.05, 3.63) is 95.1 Å². The van der Waals surface area contributed by atoms with Gasteiger partial charge in [-0.2, -0.15) is 0 Å². The number of aliphatic hydroxyl groups is 1. The molecule has 1 aliphatic heterocycles. The Balaban J connectivity index is 1.66. The van der Waals surface area contributed by atoms with Crippen LogP contribution in [0.25, 0.3) is 6.08 Å². The van der Waals surface area contributed by atoms with E-state index in [1.54, 1.807) is 6.08 Å². The summed E-state index contributed by atoms with van der Waals surface area (Å²) in [6.45, 7) is 4.17. The molecule has 4 heteroatoms. The molecule has 3 aromatic carbocycles. The molecule has 0 atom stereocenters. The zero-order valence-corrected chi connectivity index (χ0v) is 17.8. The Hall–Kier alpha value is -3.37. The Kier molecular flexibility index (Phi) is 6.19. The number of fused-ring (bicyclic) bond motifs is 2. The van der Waals surface area contributed by atoms with Gasteiger partial charge in [0.1, 0.15) is 11.5 Å². The lowest BCUT2D eigenvalue weighted by Gasteiger charge is -2.28. The molecule has 3 aromatic rings. The van der Waals surface area contributed by atoms with Crippen molar-refractivity contribution >= 4 is 17.7 Å². The number of carbonyl (C=O) groups is 1. The SMILES string of the molecule is CC(C)c1cccc(/C=C/CO)c1NC(=O)CC1c2ccccc2Oc2ccccc21. The number of ether oxygens (including phenoxy) is 1. The van der Waals surface area contributed by atoms with Crippen molar-refractivity contribution in [2.75, 3.05) is 11.9 Å². The molecule has 0 aromatic heterocycles. The van der Waals surface area contributed by atoms with Gasteiger partial charge in [-0.3, -0.25) is 4.79 Å². The highest BCUT2D eigenvalue weighted by atomic mass is 16.5. The summed E-state index contributed by atoms with van der Waals surface area (Å²) in [6.07, 6.45) is 3.84. The number of hydrogen-bond donors (Lipinski definition) is 2. The number of benzene rings is 3. The molecule has 0 bridgehead atoms. The molecule has 31 heavy (non-hydrogen) atoms. The van der Waals surface area contributed by atoms with Crippen molar-refractivity contribution in [1.82, 2.24) is 0 Å². The summed E-state index contributed by atoms with van der Waals surface area (Å²) < 4.78 is 6.06. The predicted octanol–water partition coefficient (Wildman–Crippen LogP) is 6.08. The largest absolute Gasteiger partial charge is 0.457 e. The summed E-state index contributed by atoms with van der Waals surface area (Å²) in [5.74, 6) is 1.72. The molecular weight excluding hydrogens is 386 g/mol. The summed E-state index contributed by atoms with van der Waals surface area (Å²) in [4.78, 5) is 13.3. The summed E-state index contributed by atoms with van der Waals surface area (Å²) >= 11 is 0. The lowest BCUT2D eigenvalue weighted by molar-refractivity contribution is -0.116. The zero-order chi connectivity index (χ0) is 21.8. The standard InChI is InChI=1S/C27H27NO3/c1-18(2)20-13-7-9-19(10-8-16-29)27(20)28-26(30)17-23-21-11-3-5-14-24(21)31-25-15-6-4-12-22(23)25/h3-15,18,23,29H,16-17H2,1-2H3,(H,28,30)/b10-8+. The third-order valence-electron chi connectivity index (χ3n) is 5.62. The van der Waals surface area contributed by atoms with E-state index in [9.17, 15) is 9.90 Å². The maximum Gasteiger partial charge on any atom is 0.225 e. The first-order valence-corrected chi connectivity index (χ1v) is 10.6. The van der Waals surface area contributed by atoms with Crippen LogP contribution < -0.4 is 10.1 Å². The number of amides is 1. The van der Waals surface area contributed by atoms with E-state index in [-0.39, 0.29) is 24.3 Å². The second kappa shape index (κ2) is 9.19. The van der Waals surface area contributed by atoms with Crippen LogP contribution in [-0.2, 0) is 4.79 Å². The van der Waals surface area contributed by atoms with Gasteiger partial charge in [-0.25, -0.2) is 0 Å². The van der Waals surface area contributed by atoms with E-state index in [4.69, 9.17) is 4.74 Å². The van der Waals surface area contributed by atoms with E-state index in [0.717, 1.165) is 39.4 Å². The lowest BCUT2D eigenvalue weighted by Crippen LogP contribution is -2.20. The average molecular weight is 414 g/mol. The van der Waals surface area contributed by atoms with Gasteiger partial charge < -0.3 is 15.2 Å². The first kappa shape index (κ1) is 20.9. The normalized spacial score (nSPS) is 13.0. The Bertz CT molecular complexity index is 1070. The number of hydrogen-bond acceptors (Lipinski definition) is 3. The van der Waals surface area contributed by atoms with Gasteiger partial charge in [0.2, 0.25) is 5.91 Å². The van der Waals surface area contributed by atoms with Crippen LogP contribution in [0.5, 0.6) is 11.5 Å². The van der Waals surface area contributed by atoms with Gasteiger partial charge in [-0.05, 0) is 29.2 Å². The fourth-order valence-corrected chi connectivity index (χ4v) is 4.14. The molecule has 0 saturated heterocycles. The molecule has 4 nitrogen and oxygen atoms in total. The molecule has 1 amide bonds. The van der Waals surface area contributed by atoms with E-state index in [1.165, 1.54) is 0 Å². The molecule has 0 saturated carbocycles. The summed E-state index contributed by atoms with van der Waals surface area (Å²) in [5, 5.41) is 12.4. The third-order valence-corrected chi connectivity index (χ3v) is 5.62. The van der Waals surface area contributed by atoms with Crippen molar-refractivity contribution in [2.24, 2.45) is 0 Å². The van der Waals surface area contributed by atoms with Crippen LogP contribution in [0.3, 0.4) is 0 Å². The molecular formula is C27H27NO3. The topological polar surface area (TPSA) is 58.6 Å². The first-order chi connectivity index (χ1) is 15.1. The number of anilines is 1. The highest BCUT2D eigenvalue weighted by Gasteiger charge is 2.29. The highest BCUT2D eigenvalue weighted by Crippen LogP contribution is 2.45. The zero-order valence-electron chi connectivity index (χ0n) is 17.8. The van der Waals surface area contributed by atoms with Crippen LogP contribution in [-0.4, -0.2) is 17.6 Å². The number of nitrogens with one attached hydrogen (secondary N) is 1. The van der Waals surface area contributed by atoms with Crippen LogP contribution in [0.2, 0.25) is 0 Å². The third kappa shape index (κ3) is 4.39. The van der Waals surface area contributed by atoms with Crippen molar-refractivity contribution in [1.29, 1.82) is 0 Å². The molecule has 0 unspecified atom stereocenters. The van der Waals surface area contributed by atoms with Crippen LogP contribution in [0.4, 0.5) is 5.69 Å². The molecule has 158 valence electrons. The van der Waals surface area contributed by atoms with Crippen LogP contribution in [0.1, 0.15) is 54.4 Å². The molecule has 0 spiro atoms. The van der Waals surface area contributed by atoms with E-state index in [0.29, 0.717) is 6.42 Å². The van der Waals surface area contributed by atoms with E-state index >= 15 is 0 Å².